The molecule has 32 heavy (non-hydrogen) atoms. The van der Waals surface area contributed by atoms with Crippen molar-refractivity contribution >= 4 is 34.9 Å². The van der Waals surface area contributed by atoms with Gasteiger partial charge in [0.05, 0.1) is 13.7 Å². The molecule has 4 N–H and O–H groups in total. The number of methoxy groups -OCH3 is 1. The van der Waals surface area contributed by atoms with E-state index < -0.39 is 0 Å². The Hall–Kier alpha value is -4.17. The maximum absolute atomic E-state index is 9.25. The van der Waals surface area contributed by atoms with Crippen LogP contribution in [0.4, 0.5) is 34.9 Å². The molecular formula is C24H24N6O2. The molecule has 0 aliphatic heterocycles. The van der Waals surface area contributed by atoms with Gasteiger partial charge in [-0.25, -0.2) is 0 Å². The predicted molar refractivity (Wildman–Crippen MR) is 126 cm³/mol. The summed E-state index contributed by atoms with van der Waals surface area (Å²) in [7, 11) is 1.63. The van der Waals surface area contributed by atoms with Crippen LogP contribution >= 0.6 is 0 Å². The number of aromatic nitrogens is 3. The van der Waals surface area contributed by atoms with Crippen molar-refractivity contribution in [2.45, 2.75) is 13.5 Å². The minimum Gasteiger partial charge on any atom is -0.497 e. The van der Waals surface area contributed by atoms with Gasteiger partial charge >= 0.3 is 0 Å². The van der Waals surface area contributed by atoms with Gasteiger partial charge in [-0.2, -0.15) is 15.0 Å². The first-order chi connectivity index (χ1) is 15.6. The molecule has 0 bridgehead atoms. The van der Waals surface area contributed by atoms with E-state index in [0.717, 1.165) is 33.9 Å². The summed E-state index contributed by atoms with van der Waals surface area (Å²) in [6.45, 7) is 2.02. The van der Waals surface area contributed by atoms with Crippen LogP contribution in [0.25, 0.3) is 0 Å². The number of rotatable bonds is 8. The van der Waals surface area contributed by atoms with E-state index >= 15 is 0 Å². The van der Waals surface area contributed by atoms with Crippen molar-refractivity contribution in [2.75, 3.05) is 23.1 Å². The van der Waals surface area contributed by atoms with E-state index in [4.69, 9.17) is 4.74 Å². The number of hydrogen-bond acceptors (Lipinski definition) is 8. The molecule has 0 saturated heterocycles. The molecule has 1 aromatic heterocycles. The summed E-state index contributed by atoms with van der Waals surface area (Å²) in [5, 5.41) is 18.9. The molecule has 0 aliphatic carbocycles. The first kappa shape index (κ1) is 21.1. The smallest absolute Gasteiger partial charge is 0.233 e. The summed E-state index contributed by atoms with van der Waals surface area (Å²) in [6, 6.07) is 22.9. The Balaban J connectivity index is 1.62. The van der Waals surface area contributed by atoms with Crippen LogP contribution in [0.15, 0.2) is 72.8 Å². The lowest BCUT2D eigenvalue weighted by molar-refractivity contribution is 0.282. The number of ether oxygens (including phenoxy) is 1. The molecule has 0 aliphatic rings. The fourth-order valence-electron chi connectivity index (χ4n) is 3.02. The van der Waals surface area contributed by atoms with E-state index in [1.54, 1.807) is 7.11 Å². The number of aliphatic hydroxyl groups is 1. The second-order valence-corrected chi connectivity index (χ2v) is 7.13. The number of benzene rings is 3. The summed E-state index contributed by atoms with van der Waals surface area (Å²) in [5.41, 5.74) is 4.45. The predicted octanol–water partition coefficient (Wildman–Crippen LogP) is 4.91. The third-order valence-corrected chi connectivity index (χ3v) is 4.65. The zero-order valence-corrected chi connectivity index (χ0v) is 17.8. The molecule has 3 aromatic carbocycles. The minimum absolute atomic E-state index is 0.00741. The van der Waals surface area contributed by atoms with Crippen LogP contribution in [0.3, 0.4) is 0 Å². The van der Waals surface area contributed by atoms with Crippen LogP contribution in [-0.2, 0) is 6.61 Å². The van der Waals surface area contributed by atoms with Gasteiger partial charge < -0.3 is 25.8 Å². The summed E-state index contributed by atoms with van der Waals surface area (Å²) >= 11 is 0. The third-order valence-electron chi connectivity index (χ3n) is 4.65. The largest absolute Gasteiger partial charge is 0.497 e. The summed E-state index contributed by atoms with van der Waals surface area (Å²) in [6.07, 6.45) is 0. The number of anilines is 6. The number of nitrogens with zero attached hydrogens (tertiary/aromatic N) is 3. The van der Waals surface area contributed by atoms with Gasteiger partial charge in [0.15, 0.2) is 0 Å². The third kappa shape index (κ3) is 5.50. The first-order valence-corrected chi connectivity index (χ1v) is 10.1. The minimum atomic E-state index is -0.00741. The van der Waals surface area contributed by atoms with Gasteiger partial charge in [0.1, 0.15) is 5.75 Å². The van der Waals surface area contributed by atoms with Gasteiger partial charge in [-0.05, 0) is 66.6 Å². The van der Waals surface area contributed by atoms with Crippen LogP contribution in [0.2, 0.25) is 0 Å². The van der Waals surface area contributed by atoms with Crippen LogP contribution < -0.4 is 20.7 Å². The number of aliphatic hydroxyl groups excluding tert-OH is 1. The van der Waals surface area contributed by atoms with Gasteiger partial charge in [-0.1, -0.05) is 24.3 Å². The highest BCUT2D eigenvalue weighted by atomic mass is 16.5. The monoisotopic (exact) mass is 428 g/mol. The fourth-order valence-corrected chi connectivity index (χ4v) is 3.02. The molecule has 0 atom stereocenters. The molecule has 8 heteroatoms. The molecular weight excluding hydrogens is 404 g/mol. The van der Waals surface area contributed by atoms with Crippen molar-refractivity contribution in [2.24, 2.45) is 0 Å². The maximum atomic E-state index is 9.25. The Bertz CT molecular complexity index is 1110. The summed E-state index contributed by atoms with van der Waals surface area (Å²) < 4.78 is 5.21. The Morgan fingerprint density at radius 2 is 1.25 bits per heavy atom. The second kappa shape index (κ2) is 9.76. The Kier molecular flexibility index (Phi) is 6.43. The van der Waals surface area contributed by atoms with Crippen molar-refractivity contribution in [1.29, 1.82) is 0 Å². The first-order valence-electron chi connectivity index (χ1n) is 10.1. The van der Waals surface area contributed by atoms with Crippen LogP contribution in [0.5, 0.6) is 5.75 Å². The van der Waals surface area contributed by atoms with E-state index in [9.17, 15) is 5.11 Å². The Morgan fingerprint density at radius 1 is 0.719 bits per heavy atom. The zero-order chi connectivity index (χ0) is 22.3. The average molecular weight is 428 g/mol. The van der Waals surface area contributed by atoms with E-state index in [1.165, 1.54) is 0 Å². The van der Waals surface area contributed by atoms with Gasteiger partial charge in [-0.3, -0.25) is 0 Å². The number of hydrogen-bond donors (Lipinski definition) is 4. The maximum Gasteiger partial charge on any atom is 0.233 e. The molecule has 0 radical (unpaired) electrons. The normalized spacial score (nSPS) is 10.5. The van der Waals surface area contributed by atoms with E-state index in [0.29, 0.717) is 17.8 Å². The van der Waals surface area contributed by atoms with Crippen molar-refractivity contribution in [1.82, 2.24) is 15.0 Å². The zero-order valence-electron chi connectivity index (χ0n) is 17.8. The van der Waals surface area contributed by atoms with E-state index in [2.05, 4.69) is 30.9 Å². The van der Waals surface area contributed by atoms with Gasteiger partial charge in [0.2, 0.25) is 17.8 Å². The van der Waals surface area contributed by atoms with Crippen LogP contribution in [0, 0.1) is 6.92 Å². The molecule has 162 valence electrons. The quantitative estimate of drug-likeness (QED) is 0.314. The standard InChI is InChI=1S/C24H24N6O2/c1-16-4-3-5-20(14-16)27-24-29-22(25-18-8-6-17(15-31)7-9-18)28-23(30-24)26-19-10-12-21(32-2)13-11-19/h3-14,31H,15H2,1-2H3,(H3,25,26,27,28,29,30). The SMILES string of the molecule is COc1ccc(Nc2nc(Nc3ccc(CO)cc3)nc(Nc3cccc(C)c3)n2)cc1. The molecule has 4 aromatic rings. The van der Waals surface area contributed by atoms with Gasteiger partial charge in [0.25, 0.3) is 0 Å². The van der Waals surface area contributed by atoms with Crippen molar-refractivity contribution < 1.29 is 9.84 Å². The highest BCUT2D eigenvalue weighted by Crippen LogP contribution is 2.22. The fraction of sp³-hybridized carbons (Fsp3) is 0.125. The van der Waals surface area contributed by atoms with Crippen molar-refractivity contribution in [3.8, 4) is 5.75 Å². The molecule has 0 saturated carbocycles. The van der Waals surface area contributed by atoms with Crippen LogP contribution in [-0.4, -0.2) is 27.2 Å². The average Bonchev–Trinajstić information content (AvgIpc) is 2.80. The molecule has 0 spiro atoms. The van der Waals surface area contributed by atoms with Crippen LogP contribution in [0.1, 0.15) is 11.1 Å². The van der Waals surface area contributed by atoms with Crippen molar-refractivity contribution in [3.63, 3.8) is 0 Å². The molecule has 8 nitrogen and oxygen atoms in total. The van der Waals surface area contributed by atoms with Gasteiger partial charge in [0, 0.05) is 17.1 Å². The molecule has 0 amide bonds. The van der Waals surface area contributed by atoms with E-state index in [1.807, 2.05) is 79.7 Å². The summed E-state index contributed by atoms with van der Waals surface area (Å²) in [5.74, 6) is 1.93. The number of aryl methyl sites for hydroxylation is 1. The molecule has 4 rings (SSSR count). The Labute approximate surface area is 186 Å². The number of nitrogens with one attached hydrogen (secondary N) is 3. The van der Waals surface area contributed by atoms with Gasteiger partial charge in [-0.15, -0.1) is 0 Å². The van der Waals surface area contributed by atoms with E-state index in [-0.39, 0.29) is 6.61 Å². The molecule has 1 heterocycles. The summed E-state index contributed by atoms with van der Waals surface area (Å²) in [4.78, 5) is 13.5. The highest BCUT2D eigenvalue weighted by molar-refractivity contribution is 5.62. The second-order valence-electron chi connectivity index (χ2n) is 7.13. The lowest BCUT2D eigenvalue weighted by Gasteiger charge is -2.12. The lowest BCUT2D eigenvalue weighted by Crippen LogP contribution is -2.07. The lowest BCUT2D eigenvalue weighted by atomic mass is 10.2. The van der Waals surface area contributed by atoms with Crippen molar-refractivity contribution in [3.05, 3.63) is 83.9 Å². The molecule has 0 unspecified atom stereocenters. The highest BCUT2D eigenvalue weighted by Gasteiger charge is 2.09. The Morgan fingerprint density at radius 3 is 1.75 bits per heavy atom. The topological polar surface area (TPSA) is 104 Å². The molecule has 0 fully saturated rings.